The van der Waals surface area contributed by atoms with Crippen molar-refractivity contribution in [1.82, 2.24) is 29.9 Å². The standard InChI is InChI=1S/C30H20N6/c1-3-7-19(8-4-1)29-21-11-15-25(31-21)35-27-17-13-23(33-27)30(20-9-5-2-6-10-20)24-14-18-28(34-24)36-26-16-12-22(29)32-26/h1-18H,(H,31,33,35)(H,32,34,36). The molecule has 0 spiro atoms. The van der Waals surface area contributed by atoms with Gasteiger partial charge in [-0.25, -0.2) is 19.9 Å². The van der Waals surface area contributed by atoms with Crippen molar-refractivity contribution in [3.05, 3.63) is 108 Å². The van der Waals surface area contributed by atoms with Crippen LogP contribution >= 0.6 is 0 Å². The largest absolute Gasteiger partial charge is 0.340 e. The van der Waals surface area contributed by atoms with Crippen LogP contribution in [0.3, 0.4) is 0 Å². The zero-order chi connectivity index (χ0) is 23.9. The van der Waals surface area contributed by atoms with Crippen LogP contribution in [-0.2, 0) is 0 Å². The second-order valence-electron chi connectivity index (χ2n) is 8.60. The number of H-pyrrole nitrogens is 2. The molecular weight excluding hydrogens is 444 g/mol. The average molecular weight is 465 g/mol. The van der Waals surface area contributed by atoms with Gasteiger partial charge in [-0.3, -0.25) is 0 Å². The lowest BCUT2D eigenvalue weighted by Gasteiger charge is -2.04. The molecule has 170 valence electrons. The van der Waals surface area contributed by atoms with Crippen molar-refractivity contribution in [2.24, 2.45) is 0 Å². The van der Waals surface area contributed by atoms with E-state index in [0.717, 1.165) is 56.0 Å². The quantitative estimate of drug-likeness (QED) is 0.295. The van der Waals surface area contributed by atoms with Gasteiger partial charge in [-0.2, -0.15) is 0 Å². The first kappa shape index (κ1) is 20.3. The maximum absolute atomic E-state index is 4.85. The Kier molecular flexibility index (Phi) is 4.67. The lowest BCUT2D eigenvalue weighted by atomic mass is 10.0. The maximum atomic E-state index is 4.85. The van der Waals surface area contributed by atoms with E-state index in [1.54, 1.807) is 0 Å². The van der Waals surface area contributed by atoms with E-state index >= 15 is 0 Å². The number of rotatable bonds is 2. The zero-order valence-corrected chi connectivity index (χ0v) is 19.2. The summed E-state index contributed by atoms with van der Waals surface area (Å²) in [6.07, 6.45) is 7.85. The first-order chi connectivity index (χ1) is 17.8. The van der Waals surface area contributed by atoms with E-state index in [-0.39, 0.29) is 0 Å². The molecule has 2 N–H and O–H groups in total. The number of aromatic amines is 2. The molecule has 36 heavy (non-hydrogen) atoms. The van der Waals surface area contributed by atoms with Crippen LogP contribution in [0.15, 0.2) is 84.9 Å². The minimum absolute atomic E-state index is 0.638. The van der Waals surface area contributed by atoms with Gasteiger partial charge in [-0.15, -0.1) is 0 Å². The van der Waals surface area contributed by atoms with Crippen LogP contribution in [0, 0.1) is 0 Å². The lowest BCUT2D eigenvalue weighted by Crippen LogP contribution is -1.90. The molecular formula is C30H20N6. The molecule has 5 heterocycles. The van der Waals surface area contributed by atoms with E-state index in [2.05, 4.69) is 34.2 Å². The van der Waals surface area contributed by atoms with Gasteiger partial charge in [0.05, 0.1) is 11.4 Å². The Labute approximate surface area is 206 Å². The van der Waals surface area contributed by atoms with Crippen molar-refractivity contribution in [2.45, 2.75) is 0 Å². The highest BCUT2D eigenvalue weighted by Crippen LogP contribution is 2.31. The Hall–Kier alpha value is -5.10. The van der Waals surface area contributed by atoms with E-state index in [1.165, 1.54) is 0 Å². The molecule has 7 rings (SSSR count). The summed E-state index contributed by atoms with van der Waals surface area (Å²) >= 11 is 0. The molecule has 6 nitrogen and oxygen atoms in total. The summed E-state index contributed by atoms with van der Waals surface area (Å²) in [6, 6.07) is 28.5. The van der Waals surface area contributed by atoms with E-state index in [4.69, 9.17) is 19.9 Å². The number of aromatic nitrogens is 6. The van der Waals surface area contributed by atoms with Crippen molar-refractivity contribution in [1.29, 1.82) is 0 Å². The van der Waals surface area contributed by atoms with Crippen molar-refractivity contribution < 1.29 is 0 Å². The molecule has 2 aliphatic rings. The fraction of sp³-hybridized carbons (Fsp3) is 0. The van der Waals surface area contributed by atoms with Gasteiger partial charge >= 0.3 is 0 Å². The molecule has 0 radical (unpaired) electrons. The number of nitrogens with zero attached hydrogens (tertiary/aromatic N) is 4. The minimum Gasteiger partial charge on any atom is -0.340 e. The molecule has 0 saturated carbocycles. The predicted molar refractivity (Wildman–Crippen MR) is 145 cm³/mol. The molecule has 2 aliphatic heterocycles. The predicted octanol–water partition coefficient (Wildman–Crippen LogP) is 6.78. The van der Waals surface area contributed by atoms with E-state index in [1.807, 2.05) is 85.0 Å². The van der Waals surface area contributed by atoms with E-state index in [0.29, 0.717) is 11.6 Å². The summed E-state index contributed by atoms with van der Waals surface area (Å²) in [5, 5.41) is 0. The Morgan fingerprint density at radius 2 is 0.889 bits per heavy atom. The van der Waals surface area contributed by atoms with Crippen LogP contribution in [0.2, 0.25) is 0 Å². The fourth-order valence-corrected chi connectivity index (χ4v) is 4.63. The van der Waals surface area contributed by atoms with Gasteiger partial charge in [0.15, 0.2) is 11.6 Å². The third kappa shape index (κ3) is 3.61. The maximum Gasteiger partial charge on any atom is 0.155 e. The van der Waals surface area contributed by atoms with Gasteiger partial charge < -0.3 is 9.97 Å². The Morgan fingerprint density at radius 1 is 0.417 bits per heavy atom. The Morgan fingerprint density at radius 3 is 1.39 bits per heavy atom. The van der Waals surface area contributed by atoms with Gasteiger partial charge in [0.1, 0.15) is 11.3 Å². The molecule has 0 saturated heterocycles. The molecule has 0 fully saturated rings. The summed E-state index contributed by atoms with van der Waals surface area (Å²) in [4.78, 5) is 26.2. The van der Waals surface area contributed by atoms with Crippen LogP contribution in [0.4, 0.5) is 0 Å². The summed E-state index contributed by atoms with van der Waals surface area (Å²) in [6.45, 7) is 0. The average Bonchev–Trinajstić information content (AvgIpc) is 3.72. The molecule has 8 bridgehead atoms. The van der Waals surface area contributed by atoms with Crippen LogP contribution < -0.4 is 0 Å². The highest BCUT2D eigenvalue weighted by molar-refractivity contribution is 5.93. The highest BCUT2D eigenvalue weighted by Gasteiger charge is 2.14. The highest BCUT2D eigenvalue weighted by atomic mass is 15.0. The molecule has 3 aromatic heterocycles. The van der Waals surface area contributed by atoms with Crippen molar-refractivity contribution in [3.63, 3.8) is 0 Å². The van der Waals surface area contributed by atoms with Crippen molar-refractivity contribution >= 4 is 46.6 Å². The lowest BCUT2D eigenvalue weighted by molar-refractivity contribution is 1.17. The normalized spacial score (nSPS) is 12.2. The van der Waals surface area contributed by atoms with Gasteiger partial charge in [-0.1, -0.05) is 60.7 Å². The second kappa shape index (κ2) is 8.29. The third-order valence-electron chi connectivity index (χ3n) is 6.24. The molecule has 6 heteroatoms. The molecule has 0 aliphatic carbocycles. The number of benzene rings is 2. The minimum atomic E-state index is 0.638. The molecule has 5 aromatic rings. The molecule has 0 atom stereocenters. The first-order valence-corrected chi connectivity index (χ1v) is 11.8. The summed E-state index contributed by atoms with van der Waals surface area (Å²) < 4.78 is 0. The van der Waals surface area contributed by atoms with Gasteiger partial charge in [-0.05, 0) is 59.7 Å². The van der Waals surface area contributed by atoms with Crippen LogP contribution in [-0.4, -0.2) is 29.9 Å². The first-order valence-electron chi connectivity index (χ1n) is 11.8. The van der Waals surface area contributed by atoms with Crippen LogP contribution in [0.5, 0.6) is 0 Å². The Balaban J connectivity index is 1.58. The molecule has 0 unspecified atom stereocenters. The molecule has 0 amide bonds. The summed E-state index contributed by atoms with van der Waals surface area (Å²) in [7, 11) is 0. The van der Waals surface area contributed by atoms with Gasteiger partial charge in [0.2, 0.25) is 0 Å². The molecule has 2 aromatic carbocycles. The van der Waals surface area contributed by atoms with Gasteiger partial charge in [0.25, 0.3) is 0 Å². The second-order valence-corrected chi connectivity index (χ2v) is 8.60. The number of nitrogens with one attached hydrogen (secondary N) is 2. The topological polar surface area (TPSA) is 83.1 Å². The van der Waals surface area contributed by atoms with E-state index in [9.17, 15) is 0 Å². The summed E-state index contributed by atoms with van der Waals surface area (Å²) in [5.74, 6) is 1.28. The fourth-order valence-electron chi connectivity index (χ4n) is 4.63. The Bertz CT molecular complexity index is 1730. The van der Waals surface area contributed by atoms with Crippen LogP contribution in [0.1, 0.15) is 23.0 Å². The zero-order valence-electron chi connectivity index (χ0n) is 19.2. The van der Waals surface area contributed by atoms with Crippen molar-refractivity contribution in [2.75, 3.05) is 0 Å². The van der Waals surface area contributed by atoms with Crippen molar-refractivity contribution in [3.8, 4) is 22.3 Å². The SMILES string of the molecule is C1=Cc2nc1nc1ccc([nH]1)c(-c1ccccc1)c1ccc(nc3nc(c2-c2ccccc2)C=C3)[nH]1. The van der Waals surface area contributed by atoms with Crippen LogP contribution in [0.25, 0.3) is 68.9 Å². The third-order valence-corrected chi connectivity index (χ3v) is 6.24. The number of fused-ring (bicyclic) bond motifs is 8. The number of hydrogen-bond donors (Lipinski definition) is 2. The number of hydrogen-bond acceptors (Lipinski definition) is 4. The van der Waals surface area contributed by atoms with E-state index < -0.39 is 0 Å². The van der Waals surface area contributed by atoms with Gasteiger partial charge in [0, 0.05) is 22.2 Å². The smallest absolute Gasteiger partial charge is 0.155 e. The summed E-state index contributed by atoms with van der Waals surface area (Å²) in [5.41, 5.74) is 9.15. The monoisotopic (exact) mass is 464 g/mol.